The van der Waals surface area contributed by atoms with Crippen LogP contribution < -0.4 is 4.72 Å². The summed E-state index contributed by atoms with van der Waals surface area (Å²) >= 11 is 0. The van der Waals surface area contributed by atoms with Gasteiger partial charge in [0.2, 0.25) is 10.0 Å². The number of carbonyl (C=O) groups is 1. The van der Waals surface area contributed by atoms with Crippen molar-refractivity contribution in [2.45, 2.75) is 37.2 Å². The number of sulfonamides is 1. The van der Waals surface area contributed by atoms with E-state index in [1.54, 1.807) is 29.2 Å². The summed E-state index contributed by atoms with van der Waals surface area (Å²) in [4.78, 5) is 17.1. The molecule has 30 heavy (non-hydrogen) atoms. The Balaban J connectivity index is 1.42. The molecule has 0 bridgehead atoms. The zero-order valence-corrected chi connectivity index (χ0v) is 17.8. The van der Waals surface area contributed by atoms with Gasteiger partial charge in [0.1, 0.15) is 5.82 Å². The van der Waals surface area contributed by atoms with Crippen molar-refractivity contribution in [1.82, 2.24) is 14.5 Å². The molecule has 1 N–H and O–H groups in total. The molecule has 0 aromatic heterocycles. The van der Waals surface area contributed by atoms with Crippen LogP contribution in [0.2, 0.25) is 0 Å². The van der Waals surface area contributed by atoms with Crippen LogP contribution in [0.5, 0.6) is 0 Å². The second-order valence-electron chi connectivity index (χ2n) is 8.03. The lowest BCUT2D eigenvalue weighted by Crippen LogP contribution is -2.48. The van der Waals surface area contributed by atoms with Crippen molar-refractivity contribution in [2.75, 3.05) is 26.2 Å². The van der Waals surface area contributed by atoms with Crippen molar-refractivity contribution in [3.05, 3.63) is 65.0 Å². The number of amides is 1. The van der Waals surface area contributed by atoms with Crippen molar-refractivity contribution in [2.24, 2.45) is 0 Å². The topological polar surface area (TPSA) is 69.7 Å². The van der Waals surface area contributed by atoms with Gasteiger partial charge in [-0.05, 0) is 43.5 Å². The van der Waals surface area contributed by atoms with E-state index in [1.807, 2.05) is 13.0 Å². The lowest BCUT2D eigenvalue weighted by Gasteiger charge is -2.35. The summed E-state index contributed by atoms with van der Waals surface area (Å²) in [6.45, 7) is 4.63. The Morgan fingerprint density at radius 2 is 1.80 bits per heavy atom. The van der Waals surface area contributed by atoms with Crippen LogP contribution in [-0.2, 0) is 16.6 Å². The van der Waals surface area contributed by atoms with Crippen molar-refractivity contribution >= 4 is 15.9 Å². The standard InChI is InChI=1S/C22H26FN3O3S/c1-16-6-9-19(30(28,29)24-18-7-8-18)14-20(16)22(27)26-12-10-25(11-13-26)15-17-4-2-3-5-21(17)23/h2-6,9,14,18,24H,7-8,10-13,15H2,1H3. The molecule has 1 aliphatic heterocycles. The lowest BCUT2D eigenvalue weighted by molar-refractivity contribution is 0.0626. The first-order valence-corrected chi connectivity index (χ1v) is 11.7. The van der Waals surface area contributed by atoms with Gasteiger partial charge in [0.25, 0.3) is 5.91 Å². The minimum atomic E-state index is -3.61. The van der Waals surface area contributed by atoms with E-state index in [9.17, 15) is 17.6 Å². The van der Waals surface area contributed by atoms with Gasteiger partial charge >= 0.3 is 0 Å². The van der Waals surface area contributed by atoms with Crippen molar-refractivity contribution in [3.63, 3.8) is 0 Å². The van der Waals surface area contributed by atoms with E-state index in [4.69, 9.17) is 0 Å². The van der Waals surface area contributed by atoms with Gasteiger partial charge in [-0.2, -0.15) is 0 Å². The highest BCUT2D eigenvalue weighted by atomic mass is 32.2. The smallest absolute Gasteiger partial charge is 0.254 e. The number of piperazine rings is 1. The van der Waals surface area contributed by atoms with Crippen LogP contribution in [-0.4, -0.2) is 56.3 Å². The molecule has 0 atom stereocenters. The van der Waals surface area contributed by atoms with E-state index in [2.05, 4.69) is 9.62 Å². The molecule has 160 valence electrons. The molecule has 4 rings (SSSR count). The summed E-state index contributed by atoms with van der Waals surface area (Å²) in [5.41, 5.74) is 1.81. The third kappa shape index (κ3) is 4.71. The molecule has 1 amide bonds. The highest BCUT2D eigenvalue weighted by Gasteiger charge is 2.29. The molecule has 0 spiro atoms. The highest BCUT2D eigenvalue weighted by molar-refractivity contribution is 7.89. The first-order chi connectivity index (χ1) is 14.3. The van der Waals surface area contributed by atoms with Gasteiger partial charge in [-0.1, -0.05) is 24.3 Å². The Bertz CT molecular complexity index is 1050. The Morgan fingerprint density at radius 3 is 2.47 bits per heavy atom. The summed E-state index contributed by atoms with van der Waals surface area (Å²) in [5, 5.41) is 0. The molecule has 1 saturated carbocycles. The number of nitrogens with zero attached hydrogens (tertiary/aromatic N) is 2. The number of hydrogen-bond acceptors (Lipinski definition) is 4. The summed E-state index contributed by atoms with van der Waals surface area (Å²) in [5.74, 6) is -0.383. The average Bonchev–Trinajstić information content (AvgIpc) is 3.53. The van der Waals surface area contributed by atoms with Gasteiger partial charge in [-0.3, -0.25) is 9.69 Å². The van der Waals surface area contributed by atoms with Gasteiger partial charge in [0, 0.05) is 49.9 Å². The highest BCUT2D eigenvalue weighted by Crippen LogP contribution is 2.24. The number of halogens is 1. The third-order valence-corrected chi connectivity index (χ3v) is 7.18. The molecule has 2 aromatic rings. The molecule has 2 aliphatic rings. The van der Waals surface area contributed by atoms with E-state index in [-0.39, 0.29) is 22.7 Å². The second kappa shape index (κ2) is 8.45. The van der Waals surface area contributed by atoms with Crippen molar-refractivity contribution in [1.29, 1.82) is 0 Å². The minimum Gasteiger partial charge on any atom is -0.336 e. The summed E-state index contributed by atoms with van der Waals surface area (Å²) < 4.78 is 41.6. The van der Waals surface area contributed by atoms with Crippen molar-refractivity contribution < 1.29 is 17.6 Å². The van der Waals surface area contributed by atoms with E-state index in [0.717, 1.165) is 18.4 Å². The van der Waals surface area contributed by atoms with E-state index >= 15 is 0 Å². The summed E-state index contributed by atoms with van der Waals surface area (Å²) in [6.07, 6.45) is 1.71. The van der Waals surface area contributed by atoms with Crippen LogP contribution in [0.3, 0.4) is 0 Å². The maximum Gasteiger partial charge on any atom is 0.254 e. The number of carbonyl (C=O) groups excluding carboxylic acids is 1. The van der Waals surface area contributed by atoms with E-state index in [1.165, 1.54) is 12.1 Å². The molecule has 0 radical (unpaired) electrons. The van der Waals surface area contributed by atoms with Crippen LogP contribution in [0.4, 0.5) is 4.39 Å². The molecule has 1 heterocycles. The third-order valence-electron chi connectivity index (χ3n) is 5.66. The zero-order chi connectivity index (χ0) is 21.3. The van der Waals surface area contributed by atoms with E-state index < -0.39 is 10.0 Å². The monoisotopic (exact) mass is 431 g/mol. The van der Waals surface area contributed by atoms with Gasteiger partial charge in [-0.25, -0.2) is 17.5 Å². The van der Waals surface area contributed by atoms with Crippen LogP contribution in [0.15, 0.2) is 47.4 Å². The van der Waals surface area contributed by atoms with Gasteiger partial charge in [0.15, 0.2) is 0 Å². The van der Waals surface area contributed by atoms with Gasteiger partial charge in [0.05, 0.1) is 4.90 Å². The van der Waals surface area contributed by atoms with Crippen LogP contribution in [0.1, 0.15) is 34.3 Å². The molecular formula is C22H26FN3O3S. The fraction of sp³-hybridized carbons (Fsp3) is 0.409. The molecule has 1 aliphatic carbocycles. The Hall–Kier alpha value is -2.29. The first kappa shape index (κ1) is 21.0. The Kier molecular flexibility index (Phi) is 5.90. The molecule has 2 fully saturated rings. The number of rotatable bonds is 6. The number of hydrogen-bond donors (Lipinski definition) is 1. The molecule has 1 saturated heterocycles. The minimum absolute atomic E-state index is 0.0120. The van der Waals surface area contributed by atoms with E-state index in [0.29, 0.717) is 43.9 Å². The second-order valence-corrected chi connectivity index (χ2v) is 9.75. The number of aryl methyl sites for hydroxylation is 1. The Morgan fingerprint density at radius 1 is 1.10 bits per heavy atom. The number of benzene rings is 2. The van der Waals surface area contributed by atoms with Gasteiger partial charge in [-0.15, -0.1) is 0 Å². The molecule has 2 aromatic carbocycles. The fourth-order valence-corrected chi connectivity index (χ4v) is 4.97. The lowest BCUT2D eigenvalue weighted by atomic mass is 10.1. The average molecular weight is 432 g/mol. The Labute approximate surface area is 176 Å². The fourth-order valence-electron chi connectivity index (χ4n) is 3.63. The van der Waals surface area contributed by atoms with Gasteiger partial charge < -0.3 is 4.90 Å². The maximum absolute atomic E-state index is 13.9. The molecule has 0 unspecified atom stereocenters. The van der Waals surface area contributed by atoms with Crippen LogP contribution >= 0.6 is 0 Å². The predicted octanol–water partition coefficient (Wildman–Crippen LogP) is 2.53. The molecule has 8 heteroatoms. The SMILES string of the molecule is Cc1ccc(S(=O)(=O)NC2CC2)cc1C(=O)N1CCN(Cc2ccccc2F)CC1. The molecular weight excluding hydrogens is 405 g/mol. The quantitative estimate of drug-likeness (QED) is 0.763. The van der Waals surface area contributed by atoms with Crippen molar-refractivity contribution in [3.8, 4) is 0 Å². The predicted molar refractivity (Wildman–Crippen MR) is 112 cm³/mol. The number of nitrogens with one attached hydrogen (secondary N) is 1. The van der Waals surface area contributed by atoms with Crippen LogP contribution in [0, 0.1) is 12.7 Å². The first-order valence-electron chi connectivity index (χ1n) is 10.2. The zero-order valence-electron chi connectivity index (χ0n) is 17.0. The molecule has 6 nitrogen and oxygen atoms in total. The summed E-state index contributed by atoms with van der Waals surface area (Å²) in [7, 11) is -3.61. The largest absolute Gasteiger partial charge is 0.336 e. The van der Waals surface area contributed by atoms with Crippen LogP contribution in [0.25, 0.3) is 0 Å². The summed E-state index contributed by atoms with van der Waals surface area (Å²) in [6, 6.07) is 11.4. The normalized spacial score (nSPS) is 17.9. The maximum atomic E-state index is 13.9.